The van der Waals surface area contributed by atoms with Gasteiger partial charge in [0.1, 0.15) is 0 Å². The summed E-state index contributed by atoms with van der Waals surface area (Å²) in [6.07, 6.45) is 4.33. The summed E-state index contributed by atoms with van der Waals surface area (Å²) in [7, 11) is 0. The van der Waals surface area contributed by atoms with Crippen molar-refractivity contribution in [1.29, 1.82) is 0 Å². The minimum absolute atomic E-state index is 0.756. The number of rotatable bonds is 19. The molecule has 0 radical (unpaired) electrons. The highest BCUT2D eigenvalue weighted by Crippen LogP contribution is 2.22. The first-order valence-electron chi connectivity index (χ1n) is 12.2. The molecule has 178 valence electrons. The van der Waals surface area contributed by atoms with Gasteiger partial charge in [0.05, 0.1) is 0 Å². The molecule has 6 heteroatoms. The smallest absolute Gasteiger partial charge is 0.0205 e. The van der Waals surface area contributed by atoms with Crippen LogP contribution in [-0.4, -0.2) is 52.4 Å². The van der Waals surface area contributed by atoms with Crippen LogP contribution < -0.4 is 32.7 Å². The van der Waals surface area contributed by atoms with Gasteiger partial charge in [0, 0.05) is 13.1 Å². The monoisotopic (exact) mass is 440 g/mol. The maximum absolute atomic E-state index is 5.53. The number of benzene rings is 2. The molecule has 0 unspecified atom stereocenters. The third-order valence-electron chi connectivity index (χ3n) is 5.35. The fraction of sp³-hybridized carbons (Fsp3) is 0.538. The van der Waals surface area contributed by atoms with Crippen molar-refractivity contribution in [2.45, 2.75) is 38.8 Å². The fourth-order valence-corrected chi connectivity index (χ4v) is 3.61. The second-order valence-corrected chi connectivity index (χ2v) is 8.25. The van der Waals surface area contributed by atoms with Gasteiger partial charge >= 0.3 is 0 Å². The van der Waals surface area contributed by atoms with Crippen LogP contribution in [0.5, 0.6) is 0 Å². The molecule has 0 heterocycles. The van der Waals surface area contributed by atoms with Gasteiger partial charge in [-0.1, -0.05) is 36.4 Å². The summed E-state index contributed by atoms with van der Waals surface area (Å²) in [5.74, 6) is 0. The lowest BCUT2D eigenvalue weighted by Crippen LogP contribution is -2.24. The second-order valence-electron chi connectivity index (χ2n) is 8.25. The van der Waals surface area contributed by atoms with Crippen LogP contribution in [-0.2, 0) is 13.1 Å². The van der Waals surface area contributed by atoms with Crippen LogP contribution in [0.25, 0.3) is 11.1 Å². The molecule has 0 aliphatic heterocycles. The lowest BCUT2D eigenvalue weighted by atomic mass is 9.99. The molecule has 0 bridgehead atoms. The highest BCUT2D eigenvalue weighted by atomic mass is 14.9. The quantitative estimate of drug-likeness (QED) is 0.187. The Morgan fingerprint density at radius 1 is 0.500 bits per heavy atom. The third-order valence-corrected chi connectivity index (χ3v) is 5.35. The number of hydrogen-bond donors (Lipinski definition) is 6. The summed E-state index contributed by atoms with van der Waals surface area (Å²) in [5, 5.41) is 14.1. The largest absolute Gasteiger partial charge is 0.330 e. The Hall–Kier alpha value is -1.80. The van der Waals surface area contributed by atoms with Crippen molar-refractivity contribution in [3.05, 3.63) is 59.7 Å². The molecule has 8 N–H and O–H groups in total. The van der Waals surface area contributed by atoms with E-state index < -0.39 is 0 Å². The van der Waals surface area contributed by atoms with Gasteiger partial charge in [-0.05, 0) is 112 Å². The molecule has 0 saturated carbocycles. The zero-order valence-electron chi connectivity index (χ0n) is 19.7. The standard InChI is InChI=1S/C26H44N6/c27-10-4-12-29-14-6-16-31-21-23-18-24(22-32-17-7-15-30-13-5-11-28)20-26(19-23)25-8-2-1-3-9-25/h1-3,8-9,18-20,29-32H,4-7,10-17,21-22,27-28H2. The van der Waals surface area contributed by atoms with E-state index in [1.165, 1.54) is 22.3 Å². The van der Waals surface area contributed by atoms with Crippen LogP contribution in [0.15, 0.2) is 48.5 Å². The Labute approximate surface area is 194 Å². The molecule has 32 heavy (non-hydrogen) atoms. The molecule has 0 aliphatic rings. The van der Waals surface area contributed by atoms with Gasteiger partial charge in [-0.15, -0.1) is 0 Å². The summed E-state index contributed by atoms with van der Waals surface area (Å²) in [5.41, 5.74) is 16.3. The highest BCUT2D eigenvalue weighted by Gasteiger charge is 2.04. The van der Waals surface area contributed by atoms with Gasteiger partial charge in [-0.3, -0.25) is 0 Å². The summed E-state index contributed by atoms with van der Waals surface area (Å²) in [6, 6.07) is 17.6. The van der Waals surface area contributed by atoms with Crippen LogP contribution in [0.1, 0.15) is 36.8 Å². The SMILES string of the molecule is NCCCNCCCNCc1cc(CNCCCNCCCN)cc(-c2ccccc2)c1. The fourth-order valence-electron chi connectivity index (χ4n) is 3.61. The second kappa shape index (κ2) is 17.7. The van der Waals surface area contributed by atoms with Gasteiger partial charge in [-0.2, -0.15) is 0 Å². The van der Waals surface area contributed by atoms with Gasteiger partial charge < -0.3 is 32.7 Å². The third kappa shape index (κ3) is 11.7. The lowest BCUT2D eigenvalue weighted by Gasteiger charge is -2.12. The van der Waals surface area contributed by atoms with E-state index in [2.05, 4.69) is 69.8 Å². The van der Waals surface area contributed by atoms with Crippen LogP contribution >= 0.6 is 0 Å². The zero-order chi connectivity index (χ0) is 22.7. The first kappa shape index (κ1) is 26.5. The van der Waals surface area contributed by atoms with E-state index >= 15 is 0 Å². The van der Waals surface area contributed by atoms with E-state index in [1.807, 2.05) is 0 Å². The summed E-state index contributed by atoms with van der Waals surface area (Å²) in [6.45, 7) is 9.40. The molecule has 0 spiro atoms. The topological polar surface area (TPSA) is 100 Å². The molecule has 0 atom stereocenters. The first-order valence-corrected chi connectivity index (χ1v) is 12.2. The van der Waals surface area contributed by atoms with E-state index in [9.17, 15) is 0 Å². The van der Waals surface area contributed by atoms with Crippen LogP contribution in [0.2, 0.25) is 0 Å². The molecule has 6 nitrogen and oxygen atoms in total. The molecular formula is C26H44N6. The van der Waals surface area contributed by atoms with E-state index in [0.717, 1.165) is 91.1 Å². The minimum Gasteiger partial charge on any atom is -0.330 e. The van der Waals surface area contributed by atoms with E-state index in [-0.39, 0.29) is 0 Å². The van der Waals surface area contributed by atoms with Crippen LogP contribution in [0, 0.1) is 0 Å². The molecule has 0 saturated heterocycles. The van der Waals surface area contributed by atoms with Crippen molar-refractivity contribution < 1.29 is 0 Å². The molecular weight excluding hydrogens is 396 g/mol. The number of nitrogens with one attached hydrogen (secondary N) is 4. The minimum atomic E-state index is 0.756. The lowest BCUT2D eigenvalue weighted by molar-refractivity contribution is 0.583. The Morgan fingerprint density at radius 3 is 1.47 bits per heavy atom. The normalized spacial score (nSPS) is 11.2. The van der Waals surface area contributed by atoms with Crippen molar-refractivity contribution >= 4 is 0 Å². The van der Waals surface area contributed by atoms with Crippen molar-refractivity contribution in [2.24, 2.45) is 11.5 Å². The molecule has 0 amide bonds. The van der Waals surface area contributed by atoms with E-state index in [4.69, 9.17) is 11.5 Å². The van der Waals surface area contributed by atoms with Gasteiger partial charge in [0.15, 0.2) is 0 Å². The molecule has 2 rings (SSSR count). The maximum Gasteiger partial charge on any atom is 0.0205 e. The summed E-state index contributed by atoms with van der Waals surface area (Å²) < 4.78 is 0. The molecule has 0 aromatic heterocycles. The Bertz CT molecular complexity index is 668. The maximum atomic E-state index is 5.53. The first-order chi connectivity index (χ1) is 15.8. The van der Waals surface area contributed by atoms with Crippen molar-refractivity contribution in [3.63, 3.8) is 0 Å². The van der Waals surface area contributed by atoms with E-state index in [0.29, 0.717) is 0 Å². The van der Waals surface area contributed by atoms with Crippen LogP contribution in [0.3, 0.4) is 0 Å². The predicted molar refractivity (Wildman–Crippen MR) is 138 cm³/mol. The van der Waals surface area contributed by atoms with Crippen molar-refractivity contribution in [2.75, 3.05) is 52.4 Å². The van der Waals surface area contributed by atoms with E-state index in [1.54, 1.807) is 0 Å². The zero-order valence-corrected chi connectivity index (χ0v) is 19.7. The highest BCUT2D eigenvalue weighted by molar-refractivity contribution is 5.65. The Morgan fingerprint density at radius 2 is 0.969 bits per heavy atom. The van der Waals surface area contributed by atoms with Gasteiger partial charge in [0.25, 0.3) is 0 Å². The van der Waals surface area contributed by atoms with Gasteiger partial charge in [-0.25, -0.2) is 0 Å². The molecule has 2 aromatic rings. The average Bonchev–Trinajstić information content (AvgIpc) is 2.83. The Kier molecular flexibility index (Phi) is 14.6. The molecule has 0 aliphatic carbocycles. The number of hydrogen-bond acceptors (Lipinski definition) is 6. The molecule has 2 aromatic carbocycles. The van der Waals surface area contributed by atoms with Crippen molar-refractivity contribution in [1.82, 2.24) is 21.3 Å². The van der Waals surface area contributed by atoms with Crippen molar-refractivity contribution in [3.8, 4) is 11.1 Å². The summed E-state index contributed by atoms with van der Waals surface area (Å²) >= 11 is 0. The van der Waals surface area contributed by atoms with Gasteiger partial charge in [0.2, 0.25) is 0 Å². The predicted octanol–water partition coefficient (Wildman–Crippen LogP) is 2.19. The summed E-state index contributed by atoms with van der Waals surface area (Å²) in [4.78, 5) is 0. The molecule has 0 fully saturated rings. The Balaban J connectivity index is 1.81. The number of nitrogens with two attached hydrogens (primary N) is 2. The average molecular weight is 441 g/mol. The van der Waals surface area contributed by atoms with Crippen LogP contribution in [0.4, 0.5) is 0 Å².